The molecule has 7 nitrogen and oxygen atoms in total. The Labute approximate surface area is 116 Å². The molecule has 0 bridgehead atoms. The molecule has 2 atom stereocenters. The summed E-state index contributed by atoms with van der Waals surface area (Å²) in [6.07, 6.45) is 0. The number of nitrogens with one attached hydrogen (secondary N) is 1. The molecule has 0 aromatic carbocycles. The fraction of sp³-hybridized carbons (Fsp3) is 0.615. The van der Waals surface area contributed by atoms with Gasteiger partial charge in [-0.2, -0.15) is 0 Å². The van der Waals surface area contributed by atoms with E-state index >= 15 is 0 Å². The molecule has 2 amide bonds. The van der Waals surface area contributed by atoms with Gasteiger partial charge in [-0.1, -0.05) is 12.1 Å². The fourth-order valence-electron chi connectivity index (χ4n) is 2.48. The van der Waals surface area contributed by atoms with E-state index in [9.17, 15) is 9.59 Å². The maximum atomic E-state index is 12.0. The molecule has 20 heavy (non-hydrogen) atoms. The second-order valence-corrected chi connectivity index (χ2v) is 5.29. The van der Waals surface area contributed by atoms with Gasteiger partial charge in [0, 0.05) is 25.2 Å². The molecule has 110 valence electrons. The second kappa shape index (κ2) is 5.52. The van der Waals surface area contributed by atoms with E-state index in [1.807, 2.05) is 13.8 Å². The number of hydrogen-bond donors (Lipinski definition) is 2. The van der Waals surface area contributed by atoms with Crippen LogP contribution in [0.15, 0.2) is 4.52 Å². The molecule has 0 spiro atoms. The third-order valence-electron chi connectivity index (χ3n) is 3.81. The maximum absolute atomic E-state index is 12.0. The first kappa shape index (κ1) is 14.4. The van der Waals surface area contributed by atoms with E-state index in [0.29, 0.717) is 18.8 Å². The van der Waals surface area contributed by atoms with Crippen LogP contribution in [0.1, 0.15) is 23.9 Å². The van der Waals surface area contributed by atoms with Crippen LogP contribution in [0.5, 0.6) is 0 Å². The molecule has 1 aromatic rings. The van der Waals surface area contributed by atoms with Gasteiger partial charge in [0.05, 0.1) is 11.6 Å². The minimum atomic E-state index is -0.849. The summed E-state index contributed by atoms with van der Waals surface area (Å²) >= 11 is 0. The van der Waals surface area contributed by atoms with Gasteiger partial charge in [0.1, 0.15) is 5.76 Å². The quantitative estimate of drug-likeness (QED) is 0.866. The highest BCUT2D eigenvalue weighted by Crippen LogP contribution is 2.23. The van der Waals surface area contributed by atoms with Crippen LogP contribution in [-0.4, -0.2) is 40.3 Å². The predicted molar refractivity (Wildman–Crippen MR) is 70.1 cm³/mol. The zero-order valence-corrected chi connectivity index (χ0v) is 11.8. The molecule has 2 unspecified atom stereocenters. The number of aryl methyl sites for hydroxylation is 2. The molecule has 0 saturated carbocycles. The average molecular weight is 281 g/mol. The van der Waals surface area contributed by atoms with Gasteiger partial charge in [-0.25, -0.2) is 4.79 Å². The van der Waals surface area contributed by atoms with E-state index in [-0.39, 0.29) is 18.5 Å². The highest BCUT2D eigenvalue weighted by molar-refractivity contribution is 5.77. The summed E-state index contributed by atoms with van der Waals surface area (Å²) in [5.74, 6) is -0.684. The Morgan fingerprint density at radius 3 is 2.65 bits per heavy atom. The number of carboxylic acid groups (broad SMARTS) is 1. The summed E-state index contributed by atoms with van der Waals surface area (Å²) in [5, 5.41) is 15.7. The van der Waals surface area contributed by atoms with Gasteiger partial charge in [-0.3, -0.25) is 4.79 Å². The highest BCUT2D eigenvalue weighted by Gasteiger charge is 2.36. The Hall–Kier alpha value is -2.05. The summed E-state index contributed by atoms with van der Waals surface area (Å²) in [6, 6.07) is -0.249. The SMILES string of the molecule is Cc1noc(C)c1CNC(=O)N1CC(C)C(C(=O)O)C1. The Kier molecular flexibility index (Phi) is 3.96. The van der Waals surface area contributed by atoms with E-state index < -0.39 is 11.9 Å². The molecule has 0 radical (unpaired) electrons. The van der Waals surface area contributed by atoms with Gasteiger partial charge < -0.3 is 19.8 Å². The lowest BCUT2D eigenvalue weighted by atomic mass is 9.99. The Bertz CT molecular complexity index is 506. The van der Waals surface area contributed by atoms with Crippen molar-refractivity contribution in [1.82, 2.24) is 15.4 Å². The first-order chi connectivity index (χ1) is 9.40. The van der Waals surface area contributed by atoms with Crippen LogP contribution in [0, 0.1) is 25.7 Å². The number of likely N-dealkylation sites (tertiary alicyclic amines) is 1. The minimum Gasteiger partial charge on any atom is -0.481 e. The standard InChI is InChI=1S/C13H19N3O4/c1-7-5-16(6-11(7)12(17)18)13(19)14-4-10-8(2)15-20-9(10)3/h7,11H,4-6H2,1-3H3,(H,14,19)(H,17,18). The lowest BCUT2D eigenvalue weighted by Gasteiger charge is -2.16. The van der Waals surface area contributed by atoms with E-state index in [4.69, 9.17) is 9.63 Å². The number of urea groups is 1. The van der Waals surface area contributed by atoms with Gasteiger partial charge in [0.25, 0.3) is 0 Å². The number of carbonyl (C=O) groups is 2. The van der Waals surface area contributed by atoms with Crippen LogP contribution >= 0.6 is 0 Å². The number of aromatic nitrogens is 1. The molecule has 2 N–H and O–H groups in total. The normalized spacial score (nSPS) is 22.1. The van der Waals surface area contributed by atoms with Crippen molar-refractivity contribution in [2.45, 2.75) is 27.3 Å². The molecule has 7 heteroatoms. The average Bonchev–Trinajstić information content (AvgIpc) is 2.91. The van der Waals surface area contributed by atoms with Crippen molar-refractivity contribution in [2.24, 2.45) is 11.8 Å². The second-order valence-electron chi connectivity index (χ2n) is 5.29. The molecule has 0 aliphatic carbocycles. The first-order valence-electron chi connectivity index (χ1n) is 6.57. The molecular formula is C13H19N3O4. The van der Waals surface area contributed by atoms with Crippen molar-refractivity contribution in [2.75, 3.05) is 13.1 Å². The van der Waals surface area contributed by atoms with Crippen molar-refractivity contribution in [3.63, 3.8) is 0 Å². The van der Waals surface area contributed by atoms with Crippen LogP contribution in [0.4, 0.5) is 4.79 Å². The largest absolute Gasteiger partial charge is 0.481 e. The number of carboxylic acids is 1. The number of amides is 2. The Morgan fingerprint density at radius 1 is 1.45 bits per heavy atom. The van der Waals surface area contributed by atoms with Crippen molar-refractivity contribution in [3.8, 4) is 0 Å². The zero-order valence-electron chi connectivity index (χ0n) is 11.8. The van der Waals surface area contributed by atoms with E-state index in [1.54, 1.807) is 11.8 Å². The van der Waals surface area contributed by atoms with Crippen molar-refractivity contribution in [1.29, 1.82) is 0 Å². The first-order valence-corrected chi connectivity index (χ1v) is 6.57. The smallest absolute Gasteiger partial charge is 0.317 e. The summed E-state index contributed by atoms with van der Waals surface area (Å²) < 4.78 is 5.03. The van der Waals surface area contributed by atoms with Crippen LogP contribution in [0.2, 0.25) is 0 Å². The molecule has 2 rings (SSSR count). The maximum Gasteiger partial charge on any atom is 0.317 e. The third kappa shape index (κ3) is 2.76. The number of nitrogens with zero attached hydrogens (tertiary/aromatic N) is 2. The monoisotopic (exact) mass is 281 g/mol. The Balaban J connectivity index is 1.92. The number of carbonyl (C=O) groups excluding carboxylic acids is 1. The number of aliphatic carboxylic acids is 1. The van der Waals surface area contributed by atoms with Crippen molar-refractivity contribution < 1.29 is 19.2 Å². The van der Waals surface area contributed by atoms with Gasteiger partial charge in [-0.05, 0) is 19.8 Å². The van der Waals surface area contributed by atoms with Crippen molar-refractivity contribution >= 4 is 12.0 Å². The lowest BCUT2D eigenvalue weighted by molar-refractivity contribution is -0.142. The molecular weight excluding hydrogens is 262 g/mol. The molecule has 1 aliphatic rings. The summed E-state index contributed by atoms with van der Waals surface area (Å²) in [7, 11) is 0. The van der Waals surface area contributed by atoms with E-state index in [0.717, 1.165) is 11.3 Å². The van der Waals surface area contributed by atoms with Gasteiger partial charge in [0.2, 0.25) is 0 Å². The molecule has 1 aromatic heterocycles. The summed E-state index contributed by atoms with van der Waals surface area (Å²) in [5.41, 5.74) is 1.61. The van der Waals surface area contributed by atoms with Gasteiger partial charge in [-0.15, -0.1) is 0 Å². The lowest BCUT2D eigenvalue weighted by Crippen LogP contribution is -2.38. The van der Waals surface area contributed by atoms with E-state index in [2.05, 4.69) is 10.5 Å². The topological polar surface area (TPSA) is 95.7 Å². The van der Waals surface area contributed by atoms with E-state index in [1.165, 1.54) is 0 Å². The molecule has 2 heterocycles. The Morgan fingerprint density at radius 2 is 2.15 bits per heavy atom. The molecule has 1 aliphatic heterocycles. The zero-order chi connectivity index (χ0) is 14.9. The minimum absolute atomic E-state index is 0.0303. The molecule has 1 fully saturated rings. The molecule has 1 saturated heterocycles. The predicted octanol–water partition coefficient (Wildman–Crippen LogP) is 1.15. The number of rotatable bonds is 3. The van der Waals surface area contributed by atoms with Crippen LogP contribution in [0.3, 0.4) is 0 Å². The van der Waals surface area contributed by atoms with Gasteiger partial charge in [0.15, 0.2) is 0 Å². The van der Waals surface area contributed by atoms with Crippen LogP contribution < -0.4 is 5.32 Å². The summed E-state index contributed by atoms with van der Waals surface area (Å²) in [4.78, 5) is 24.6. The van der Waals surface area contributed by atoms with Crippen LogP contribution in [-0.2, 0) is 11.3 Å². The van der Waals surface area contributed by atoms with Crippen LogP contribution in [0.25, 0.3) is 0 Å². The summed E-state index contributed by atoms with van der Waals surface area (Å²) in [6.45, 7) is 6.51. The third-order valence-corrected chi connectivity index (χ3v) is 3.81. The van der Waals surface area contributed by atoms with Crippen molar-refractivity contribution in [3.05, 3.63) is 17.0 Å². The highest BCUT2D eigenvalue weighted by atomic mass is 16.5. The van der Waals surface area contributed by atoms with Gasteiger partial charge >= 0.3 is 12.0 Å². The fourth-order valence-corrected chi connectivity index (χ4v) is 2.48. The number of hydrogen-bond acceptors (Lipinski definition) is 4.